The Balaban J connectivity index is 2.43. The summed E-state index contributed by atoms with van der Waals surface area (Å²) in [5.74, 6) is 0. The van der Waals surface area contributed by atoms with Gasteiger partial charge in [0, 0.05) is 10.8 Å². The van der Waals surface area contributed by atoms with E-state index in [1.165, 1.54) is 11.3 Å². The lowest BCUT2D eigenvalue weighted by Gasteiger charge is -2.20. The second-order valence-corrected chi connectivity index (χ2v) is 5.18. The zero-order valence-corrected chi connectivity index (χ0v) is 9.98. The van der Waals surface area contributed by atoms with Gasteiger partial charge >= 0.3 is 0 Å². The Morgan fingerprint density at radius 3 is 2.85 bits per heavy atom. The van der Waals surface area contributed by atoms with Gasteiger partial charge in [-0.25, -0.2) is 0 Å². The van der Waals surface area contributed by atoms with Crippen molar-refractivity contribution >= 4 is 27.3 Å². The summed E-state index contributed by atoms with van der Waals surface area (Å²) in [5, 5.41) is 11.5. The summed E-state index contributed by atoms with van der Waals surface area (Å²) in [6.45, 7) is 4.47. The Morgan fingerprint density at radius 2 is 2.38 bits per heavy atom. The molecule has 0 bridgehead atoms. The molecule has 13 heavy (non-hydrogen) atoms. The van der Waals surface area contributed by atoms with Gasteiger partial charge in [-0.05, 0) is 15.9 Å². The Bertz CT molecular complexity index is 275. The lowest BCUT2D eigenvalue weighted by atomic mass is 9.97. The van der Waals surface area contributed by atoms with Crippen LogP contribution >= 0.6 is 27.3 Å². The maximum Gasteiger partial charge on any atom is 0.274 e. The van der Waals surface area contributed by atoms with Crippen LogP contribution in [0.2, 0.25) is 0 Å². The second kappa shape index (κ2) is 4.39. The normalized spacial score (nSPS) is 11.7. The van der Waals surface area contributed by atoms with Crippen molar-refractivity contribution < 1.29 is 9.84 Å². The maximum absolute atomic E-state index is 8.97. The third kappa shape index (κ3) is 3.62. The zero-order valence-electron chi connectivity index (χ0n) is 7.58. The molecule has 0 radical (unpaired) electrons. The van der Waals surface area contributed by atoms with Gasteiger partial charge in [0.2, 0.25) is 0 Å². The van der Waals surface area contributed by atoms with E-state index in [1.807, 2.05) is 19.2 Å². The van der Waals surface area contributed by atoms with E-state index in [-0.39, 0.29) is 12.0 Å². The van der Waals surface area contributed by atoms with Gasteiger partial charge in [0.05, 0.1) is 13.2 Å². The van der Waals surface area contributed by atoms with Gasteiger partial charge < -0.3 is 9.84 Å². The summed E-state index contributed by atoms with van der Waals surface area (Å²) in [5.41, 5.74) is -0.210. The number of hydrogen-bond donors (Lipinski definition) is 1. The van der Waals surface area contributed by atoms with E-state index in [1.54, 1.807) is 0 Å². The van der Waals surface area contributed by atoms with E-state index in [4.69, 9.17) is 9.84 Å². The molecule has 0 saturated heterocycles. The van der Waals surface area contributed by atoms with E-state index < -0.39 is 0 Å². The summed E-state index contributed by atoms with van der Waals surface area (Å²) < 4.78 is 6.19. The molecular formula is C8H12BrNO2S. The average Bonchev–Trinajstić information content (AvgIpc) is 2.48. The highest BCUT2D eigenvalue weighted by molar-refractivity contribution is 9.10. The third-order valence-electron chi connectivity index (χ3n) is 1.47. The number of aromatic nitrogens is 1. The molecule has 0 unspecified atom stereocenters. The third-order valence-corrected chi connectivity index (χ3v) is 2.93. The highest BCUT2D eigenvalue weighted by Crippen LogP contribution is 2.24. The molecule has 0 aliphatic rings. The van der Waals surface area contributed by atoms with E-state index in [2.05, 4.69) is 20.9 Å². The number of nitrogens with zero attached hydrogens (tertiary/aromatic N) is 1. The van der Waals surface area contributed by atoms with Gasteiger partial charge in [-0.3, -0.25) is 0 Å². The van der Waals surface area contributed by atoms with Crippen LogP contribution in [0, 0.1) is 5.41 Å². The summed E-state index contributed by atoms with van der Waals surface area (Å²) in [4.78, 5) is 4.08. The largest absolute Gasteiger partial charge is 0.469 e. The molecule has 0 aliphatic heterocycles. The molecule has 0 atom stereocenters. The first kappa shape index (κ1) is 10.9. The predicted octanol–water partition coefficient (Wildman–Crippen LogP) is 2.30. The summed E-state index contributed by atoms with van der Waals surface area (Å²) in [6, 6.07) is 0. The van der Waals surface area contributed by atoms with Crippen molar-refractivity contribution in [3.8, 4) is 5.19 Å². The highest BCUT2D eigenvalue weighted by Gasteiger charge is 2.18. The van der Waals surface area contributed by atoms with Crippen LogP contribution in [-0.2, 0) is 0 Å². The van der Waals surface area contributed by atoms with Crippen molar-refractivity contribution in [1.29, 1.82) is 0 Å². The lowest BCUT2D eigenvalue weighted by molar-refractivity contribution is 0.0973. The molecule has 5 heteroatoms. The van der Waals surface area contributed by atoms with Crippen LogP contribution in [0.5, 0.6) is 5.19 Å². The zero-order chi connectivity index (χ0) is 9.90. The molecule has 1 heterocycles. The minimum atomic E-state index is -0.210. The van der Waals surface area contributed by atoms with Crippen LogP contribution in [0.4, 0.5) is 0 Å². The standard InChI is InChI=1S/C8H12BrNO2S/c1-8(2,4-11)5-12-7-10-6(9)3-13-7/h3,11H,4-5H2,1-2H3. The van der Waals surface area contributed by atoms with Gasteiger partial charge in [0.1, 0.15) is 4.60 Å². The van der Waals surface area contributed by atoms with Crippen molar-refractivity contribution in [3.63, 3.8) is 0 Å². The number of ether oxygens (including phenoxy) is 1. The van der Waals surface area contributed by atoms with Crippen molar-refractivity contribution in [3.05, 3.63) is 9.98 Å². The summed E-state index contributed by atoms with van der Waals surface area (Å²) in [6.07, 6.45) is 0. The number of thiazole rings is 1. The van der Waals surface area contributed by atoms with E-state index in [9.17, 15) is 0 Å². The van der Waals surface area contributed by atoms with Crippen molar-refractivity contribution in [1.82, 2.24) is 4.98 Å². The molecule has 3 nitrogen and oxygen atoms in total. The number of aliphatic hydroxyl groups excluding tert-OH is 1. The fraction of sp³-hybridized carbons (Fsp3) is 0.625. The fourth-order valence-electron chi connectivity index (χ4n) is 0.608. The molecular weight excluding hydrogens is 254 g/mol. The van der Waals surface area contributed by atoms with Gasteiger partial charge in [0.15, 0.2) is 0 Å². The molecule has 0 aromatic carbocycles. The van der Waals surface area contributed by atoms with Crippen LogP contribution < -0.4 is 4.74 Å². The Hall–Kier alpha value is -0.130. The number of aliphatic hydroxyl groups is 1. The van der Waals surface area contributed by atoms with Crippen LogP contribution in [0.1, 0.15) is 13.8 Å². The van der Waals surface area contributed by atoms with E-state index >= 15 is 0 Å². The predicted molar refractivity (Wildman–Crippen MR) is 56.2 cm³/mol. The number of hydrogen-bond acceptors (Lipinski definition) is 4. The number of rotatable bonds is 4. The average molecular weight is 266 g/mol. The molecule has 1 N–H and O–H groups in total. The molecule has 0 saturated carbocycles. The molecule has 0 spiro atoms. The van der Waals surface area contributed by atoms with Gasteiger partial charge in [-0.2, -0.15) is 4.98 Å². The van der Waals surface area contributed by atoms with E-state index in [0.29, 0.717) is 11.8 Å². The molecule has 1 aromatic rings. The Labute approximate surface area is 89.9 Å². The quantitative estimate of drug-likeness (QED) is 0.909. The highest BCUT2D eigenvalue weighted by atomic mass is 79.9. The minimum Gasteiger partial charge on any atom is -0.469 e. The van der Waals surface area contributed by atoms with Crippen LogP contribution in [0.3, 0.4) is 0 Å². The first-order valence-electron chi connectivity index (χ1n) is 3.88. The van der Waals surface area contributed by atoms with Gasteiger partial charge in [-0.1, -0.05) is 25.2 Å². The second-order valence-electron chi connectivity index (χ2n) is 3.55. The molecule has 0 aliphatic carbocycles. The monoisotopic (exact) mass is 265 g/mol. The first-order valence-corrected chi connectivity index (χ1v) is 5.55. The summed E-state index contributed by atoms with van der Waals surface area (Å²) >= 11 is 4.68. The summed E-state index contributed by atoms with van der Waals surface area (Å²) in [7, 11) is 0. The van der Waals surface area contributed by atoms with Crippen LogP contribution in [0.25, 0.3) is 0 Å². The molecule has 0 amide bonds. The van der Waals surface area contributed by atoms with Crippen LogP contribution in [0.15, 0.2) is 9.98 Å². The van der Waals surface area contributed by atoms with Crippen LogP contribution in [-0.4, -0.2) is 23.3 Å². The number of halogens is 1. The van der Waals surface area contributed by atoms with Crippen molar-refractivity contribution in [2.24, 2.45) is 5.41 Å². The topological polar surface area (TPSA) is 42.4 Å². The Kier molecular flexibility index (Phi) is 3.70. The smallest absolute Gasteiger partial charge is 0.274 e. The lowest BCUT2D eigenvalue weighted by Crippen LogP contribution is -2.25. The van der Waals surface area contributed by atoms with Crippen molar-refractivity contribution in [2.45, 2.75) is 13.8 Å². The first-order chi connectivity index (χ1) is 6.03. The minimum absolute atomic E-state index is 0.111. The molecule has 1 rings (SSSR count). The maximum atomic E-state index is 8.97. The molecule has 0 fully saturated rings. The SMILES string of the molecule is CC(C)(CO)COc1nc(Br)cs1. The van der Waals surface area contributed by atoms with Gasteiger partial charge in [0.25, 0.3) is 5.19 Å². The molecule has 1 aromatic heterocycles. The fourth-order valence-corrected chi connectivity index (χ4v) is 1.70. The Morgan fingerprint density at radius 1 is 1.69 bits per heavy atom. The molecule has 74 valence electrons. The van der Waals surface area contributed by atoms with E-state index in [0.717, 1.165) is 4.60 Å². The van der Waals surface area contributed by atoms with Crippen molar-refractivity contribution in [2.75, 3.05) is 13.2 Å². The van der Waals surface area contributed by atoms with Gasteiger partial charge in [-0.15, -0.1) is 0 Å².